The van der Waals surface area contributed by atoms with Crippen LogP contribution in [0.2, 0.25) is 0 Å². The standard InChI is InChI=1S/C4H11N3/c1-7-3-5-2-6-4-7/h5-6H,2-4H2,1H3. The van der Waals surface area contributed by atoms with Crippen LogP contribution in [0.25, 0.3) is 0 Å². The zero-order chi connectivity index (χ0) is 5.11. The summed E-state index contributed by atoms with van der Waals surface area (Å²) in [5.74, 6) is 0. The second-order valence-corrected chi connectivity index (χ2v) is 1.85. The van der Waals surface area contributed by atoms with Gasteiger partial charge in [-0.3, -0.25) is 15.5 Å². The van der Waals surface area contributed by atoms with Crippen LogP contribution in [0.4, 0.5) is 0 Å². The molecule has 42 valence electrons. The first-order chi connectivity index (χ1) is 3.39. The summed E-state index contributed by atoms with van der Waals surface area (Å²) in [5.41, 5.74) is 0. The van der Waals surface area contributed by atoms with E-state index in [1.54, 1.807) is 0 Å². The third-order valence-electron chi connectivity index (χ3n) is 1.01. The number of hydrogen-bond acceptors (Lipinski definition) is 3. The Labute approximate surface area is 43.7 Å². The lowest BCUT2D eigenvalue weighted by Gasteiger charge is -2.23. The summed E-state index contributed by atoms with van der Waals surface area (Å²) in [7, 11) is 2.07. The average Bonchev–Trinajstić information content (AvgIpc) is 1.69. The summed E-state index contributed by atoms with van der Waals surface area (Å²) in [4.78, 5) is 2.17. The van der Waals surface area contributed by atoms with E-state index in [4.69, 9.17) is 0 Å². The van der Waals surface area contributed by atoms with Crippen LogP contribution in [0.3, 0.4) is 0 Å². The van der Waals surface area contributed by atoms with E-state index in [0.717, 1.165) is 20.0 Å². The lowest BCUT2D eigenvalue weighted by Crippen LogP contribution is -2.48. The highest BCUT2D eigenvalue weighted by atomic mass is 15.3. The van der Waals surface area contributed by atoms with Crippen molar-refractivity contribution in [3.8, 4) is 0 Å². The number of hydrogen-bond donors (Lipinski definition) is 2. The lowest BCUT2D eigenvalue weighted by molar-refractivity contribution is 0.232. The molecule has 0 unspecified atom stereocenters. The van der Waals surface area contributed by atoms with Gasteiger partial charge in [0, 0.05) is 20.0 Å². The van der Waals surface area contributed by atoms with Crippen LogP contribution in [0.15, 0.2) is 0 Å². The van der Waals surface area contributed by atoms with Gasteiger partial charge < -0.3 is 0 Å². The van der Waals surface area contributed by atoms with Gasteiger partial charge in [-0.1, -0.05) is 0 Å². The Bertz CT molecular complexity index is 48.9. The van der Waals surface area contributed by atoms with Gasteiger partial charge in [-0.2, -0.15) is 0 Å². The first-order valence-electron chi connectivity index (χ1n) is 2.49. The monoisotopic (exact) mass is 101 g/mol. The Hall–Kier alpha value is -0.120. The fourth-order valence-corrected chi connectivity index (χ4v) is 0.638. The Kier molecular flexibility index (Phi) is 1.62. The number of rotatable bonds is 0. The first kappa shape index (κ1) is 5.03. The minimum atomic E-state index is 0.949. The lowest BCUT2D eigenvalue weighted by atomic mass is 10.7. The molecule has 7 heavy (non-hydrogen) atoms. The average molecular weight is 101 g/mol. The predicted octanol–water partition coefficient (Wildman–Crippen LogP) is -1.02. The van der Waals surface area contributed by atoms with Crippen molar-refractivity contribution in [3.63, 3.8) is 0 Å². The second-order valence-electron chi connectivity index (χ2n) is 1.85. The second kappa shape index (κ2) is 2.26. The molecule has 1 saturated heterocycles. The van der Waals surface area contributed by atoms with Gasteiger partial charge in [0.25, 0.3) is 0 Å². The van der Waals surface area contributed by atoms with Crippen molar-refractivity contribution in [2.45, 2.75) is 0 Å². The smallest absolute Gasteiger partial charge is 0.0499 e. The fourth-order valence-electron chi connectivity index (χ4n) is 0.638. The third kappa shape index (κ3) is 1.43. The van der Waals surface area contributed by atoms with Gasteiger partial charge in [-0.25, -0.2) is 0 Å². The van der Waals surface area contributed by atoms with Crippen molar-refractivity contribution in [3.05, 3.63) is 0 Å². The van der Waals surface area contributed by atoms with E-state index in [2.05, 4.69) is 22.6 Å². The van der Waals surface area contributed by atoms with E-state index < -0.39 is 0 Å². The topological polar surface area (TPSA) is 27.3 Å². The SMILES string of the molecule is CN1CNCNC1. The van der Waals surface area contributed by atoms with Gasteiger partial charge in [0.2, 0.25) is 0 Å². The quantitative estimate of drug-likeness (QED) is 0.409. The maximum absolute atomic E-state index is 3.15. The van der Waals surface area contributed by atoms with E-state index in [1.807, 2.05) is 0 Å². The van der Waals surface area contributed by atoms with Crippen LogP contribution in [0.1, 0.15) is 0 Å². The van der Waals surface area contributed by atoms with E-state index in [0.29, 0.717) is 0 Å². The Morgan fingerprint density at radius 2 is 1.86 bits per heavy atom. The summed E-state index contributed by atoms with van der Waals surface area (Å²) in [6.45, 7) is 2.96. The Morgan fingerprint density at radius 1 is 1.29 bits per heavy atom. The summed E-state index contributed by atoms with van der Waals surface area (Å²) < 4.78 is 0. The van der Waals surface area contributed by atoms with Crippen LogP contribution in [-0.2, 0) is 0 Å². The highest BCUT2D eigenvalue weighted by Gasteiger charge is 1.99. The molecule has 1 heterocycles. The van der Waals surface area contributed by atoms with Gasteiger partial charge >= 0.3 is 0 Å². The molecular formula is C4H11N3. The van der Waals surface area contributed by atoms with Crippen molar-refractivity contribution in [1.82, 2.24) is 15.5 Å². The molecule has 0 aromatic carbocycles. The Balaban J connectivity index is 2.12. The van der Waals surface area contributed by atoms with E-state index in [1.165, 1.54) is 0 Å². The number of nitrogens with zero attached hydrogens (tertiary/aromatic N) is 1. The van der Waals surface area contributed by atoms with E-state index in [9.17, 15) is 0 Å². The molecule has 0 spiro atoms. The summed E-state index contributed by atoms with van der Waals surface area (Å²) in [5, 5.41) is 6.30. The van der Waals surface area contributed by atoms with Crippen molar-refractivity contribution < 1.29 is 0 Å². The molecule has 1 fully saturated rings. The van der Waals surface area contributed by atoms with E-state index >= 15 is 0 Å². The predicted molar refractivity (Wildman–Crippen MR) is 28.6 cm³/mol. The van der Waals surface area contributed by atoms with Crippen LogP contribution < -0.4 is 10.6 Å². The van der Waals surface area contributed by atoms with E-state index in [-0.39, 0.29) is 0 Å². The molecule has 3 heteroatoms. The maximum Gasteiger partial charge on any atom is 0.0499 e. The van der Waals surface area contributed by atoms with Crippen LogP contribution in [-0.4, -0.2) is 32.0 Å². The largest absolute Gasteiger partial charge is 0.292 e. The molecule has 0 amide bonds. The van der Waals surface area contributed by atoms with Crippen LogP contribution >= 0.6 is 0 Å². The molecule has 1 aliphatic rings. The fraction of sp³-hybridized carbons (Fsp3) is 1.00. The van der Waals surface area contributed by atoms with Crippen LogP contribution in [0.5, 0.6) is 0 Å². The van der Waals surface area contributed by atoms with Gasteiger partial charge in [0.05, 0.1) is 0 Å². The summed E-state index contributed by atoms with van der Waals surface area (Å²) >= 11 is 0. The minimum Gasteiger partial charge on any atom is -0.292 e. The van der Waals surface area contributed by atoms with Gasteiger partial charge in [0.15, 0.2) is 0 Å². The third-order valence-corrected chi connectivity index (χ3v) is 1.01. The molecule has 0 atom stereocenters. The molecule has 0 radical (unpaired) electrons. The van der Waals surface area contributed by atoms with Crippen LogP contribution in [0, 0.1) is 0 Å². The molecular weight excluding hydrogens is 90.1 g/mol. The molecule has 0 aromatic heterocycles. The normalized spacial score (nSPS) is 25.3. The minimum absolute atomic E-state index is 0.949. The zero-order valence-electron chi connectivity index (χ0n) is 4.57. The molecule has 1 rings (SSSR count). The first-order valence-corrected chi connectivity index (χ1v) is 2.49. The molecule has 3 nitrogen and oxygen atoms in total. The van der Waals surface area contributed by atoms with Crippen molar-refractivity contribution in [2.75, 3.05) is 27.1 Å². The summed E-state index contributed by atoms with van der Waals surface area (Å²) in [6.07, 6.45) is 0. The van der Waals surface area contributed by atoms with Crippen molar-refractivity contribution in [2.24, 2.45) is 0 Å². The molecule has 1 aliphatic heterocycles. The maximum atomic E-state index is 3.15. The van der Waals surface area contributed by atoms with Crippen molar-refractivity contribution >= 4 is 0 Å². The number of nitrogens with one attached hydrogen (secondary N) is 2. The zero-order valence-corrected chi connectivity index (χ0v) is 4.57. The molecule has 0 aromatic rings. The van der Waals surface area contributed by atoms with Gasteiger partial charge in [-0.15, -0.1) is 0 Å². The van der Waals surface area contributed by atoms with Gasteiger partial charge in [0.1, 0.15) is 0 Å². The highest BCUT2D eigenvalue weighted by molar-refractivity contribution is 4.52. The Morgan fingerprint density at radius 3 is 2.14 bits per heavy atom. The van der Waals surface area contributed by atoms with Gasteiger partial charge in [-0.05, 0) is 7.05 Å². The molecule has 2 N–H and O–H groups in total. The molecule has 0 saturated carbocycles. The van der Waals surface area contributed by atoms with Crippen molar-refractivity contribution in [1.29, 1.82) is 0 Å². The highest BCUT2D eigenvalue weighted by Crippen LogP contribution is 1.76. The summed E-state index contributed by atoms with van der Waals surface area (Å²) in [6, 6.07) is 0. The molecule has 0 bridgehead atoms. The molecule has 0 aliphatic carbocycles.